The number of hydrogen-bond donors (Lipinski definition) is 0. The summed E-state index contributed by atoms with van der Waals surface area (Å²) in [6.45, 7) is 5.04. The second-order valence-electron chi connectivity index (χ2n) is 4.22. The van der Waals surface area contributed by atoms with Crippen LogP contribution in [0.5, 0.6) is 0 Å². The molecule has 0 radical (unpaired) electrons. The summed E-state index contributed by atoms with van der Waals surface area (Å²) in [5.41, 5.74) is 2.50. The van der Waals surface area contributed by atoms with E-state index < -0.39 is 0 Å². The highest BCUT2D eigenvalue weighted by Gasteiger charge is 2.12. The van der Waals surface area contributed by atoms with Crippen LogP contribution in [0.15, 0.2) is 28.9 Å². The van der Waals surface area contributed by atoms with Crippen molar-refractivity contribution >= 4 is 26.8 Å². The van der Waals surface area contributed by atoms with Crippen molar-refractivity contribution in [2.24, 2.45) is 0 Å². The molecule has 0 spiro atoms. The van der Waals surface area contributed by atoms with Crippen LogP contribution < -0.4 is 0 Å². The SMILES string of the molecule is COCc1cn(C(C)C)c2c(Br)cccc12. The van der Waals surface area contributed by atoms with Gasteiger partial charge >= 0.3 is 0 Å². The quantitative estimate of drug-likeness (QED) is 0.825. The van der Waals surface area contributed by atoms with Gasteiger partial charge in [-0.15, -0.1) is 0 Å². The van der Waals surface area contributed by atoms with Gasteiger partial charge in [-0.2, -0.15) is 0 Å². The number of para-hydroxylation sites is 1. The maximum Gasteiger partial charge on any atom is 0.0733 e. The van der Waals surface area contributed by atoms with Crippen molar-refractivity contribution in [3.63, 3.8) is 0 Å². The third-order valence-corrected chi connectivity index (χ3v) is 3.38. The molecular formula is C13H16BrNO. The van der Waals surface area contributed by atoms with Crippen LogP contribution in [0.3, 0.4) is 0 Å². The van der Waals surface area contributed by atoms with Crippen LogP contribution in [0.25, 0.3) is 10.9 Å². The molecule has 2 nitrogen and oxygen atoms in total. The van der Waals surface area contributed by atoms with Crippen LogP contribution in [0.2, 0.25) is 0 Å². The first-order valence-electron chi connectivity index (χ1n) is 5.42. The van der Waals surface area contributed by atoms with E-state index in [1.165, 1.54) is 16.5 Å². The summed E-state index contributed by atoms with van der Waals surface area (Å²) >= 11 is 3.62. The maximum absolute atomic E-state index is 5.24. The lowest BCUT2D eigenvalue weighted by atomic mass is 10.2. The van der Waals surface area contributed by atoms with E-state index in [0.717, 1.165) is 4.47 Å². The smallest absolute Gasteiger partial charge is 0.0733 e. The molecule has 0 unspecified atom stereocenters. The molecule has 0 aliphatic heterocycles. The number of halogens is 1. The molecule has 1 aromatic carbocycles. The van der Waals surface area contributed by atoms with Crippen molar-refractivity contribution < 1.29 is 4.74 Å². The number of rotatable bonds is 3. The van der Waals surface area contributed by atoms with Gasteiger partial charge in [0.05, 0.1) is 12.1 Å². The van der Waals surface area contributed by atoms with Gasteiger partial charge in [-0.05, 0) is 35.8 Å². The topological polar surface area (TPSA) is 14.2 Å². The van der Waals surface area contributed by atoms with E-state index in [1.807, 2.05) is 0 Å². The predicted molar refractivity (Wildman–Crippen MR) is 70.7 cm³/mol. The number of hydrogen-bond acceptors (Lipinski definition) is 1. The third-order valence-electron chi connectivity index (χ3n) is 2.74. The zero-order chi connectivity index (χ0) is 11.7. The molecule has 2 rings (SSSR count). The number of ether oxygens (including phenoxy) is 1. The number of methoxy groups -OCH3 is 1. The van der Waals surface area contributed by atoms with E-state index in [-0.39, 0.29) is 0 Å². The Bertz CT molecular complexity index is 502. The van der Waals surface area contributed by atoms with Crippen LogP contribution in [-0.4, -0.2) is 11.7 Å². The summed E-state index contributed by atoms with van der Waals surface area (Å²) in [5, 5.41) is 1.27. The molecule has 0 fully saturated rings. The van der Waals surface area contributed by atoms with Crippen molar-refractivity contribution in [2.45, 2.75) is 26.5 Å². The zero-order valence-corrected chi connectivity index (χ0v) is 11.4. The fraction of sp³-hybridized carbons (Fsp3) is 0.385. The zero-order valence-electron chi connectivity index (χ0n) is 9.83. The molecule has 0 saturated carbocycles. The molecule has 0 atom stereocenters. The largest absolute Gasteiger partial charge is 0.380 e. The summed E-state index contributed by atoms with van der Waals surface area (Å²) in [7, 11) is 1.73. The Morgan fingerprint density at radius 1 is 1.38 bits per heavy atom. The second kappa shape index (κ2) is 4.60. The minimum Gasteiger partial charge on any atom is -0.380 e. The van der Waals surface area contributed by atoms with Crippen LogP contribution in [0.1, 0.15) is 25.5 Å². The highest BCUT2D eigenvalue weighted by Crippen LogP contribution is 2.30. The van der Waals surface area contributed by atoms with E-state index in [9.17, 15) is 0 Å². The molecule has 0 bridgehead atoms. The van der Waals surface area contributed by atoms with Crippen molar-refractivity contribution in [3.8, 4) is 0 Å². The van der Waals surface area contributed by atoms with Crippen LogP contribution in [-0.2, 0) is 11.3 Å². The van der Waals surface area contributed by atoms with Crippen molar-refractivity contribution in [2.75, 3.05) is 7.11 Å². The Morgan fingerprint density at radius 2 is 2.12 bits per heavy atom. The van der Waals surface area contributed by atoms with E-state index in [2.05, 4.69) is 58.7 Å². The van der Waals surface area contributed by atoms with Gasteiger partial charge in [0.2, 0.25) is 0 Å². The Balaban J connectivity index is 2.71. The summed E-state index contributed by atoms with van der Waals surface area (Å²) in [6, 6.07) is 6.74. The fourth-order valence-electron chi connectivity index (χ4n) is 2.02. The van der Waals surface area contributed by atoms with E-state index in [1.54, 1.807) is 7.11 Å². The van der Waals surface area contributed by atoms with Gasteiger partial charge in [-0.3, -0.25) is 0 Å². The highest BCUT2D eigenvalue weighted by atomic mass is 79.9. The van der Waals surface area contributed by atoms with Gasteiger partial charge < -0.3 is 9.30 Å². The lowest BCUT2D eigenvalue weighted by Crippen LogP contribution is -1.98. The predicted octanol–water partition coefficient (Wildman–Crippen LogP) is 4.13. The number of benzene rings is 1. The van der Waals surface area contributed by atoms with Gasteiger partial charge in [0.25, 0.3) is 0 Å². The van der Waals surface area contributed by atoms with Gasteiger partial charge in [0.1, 0.15) is 0 Å². The molecule has 0 N–H and O–H groups in total. The van der Waals surface area contributed by atoms with Crippen molar-refractivity contribution in [1.82, 2.24) is 4.57 Å². The number of nitrogens with zero attached hydrogens (tertiary/aromatic N) is 1. The number of aromatic nitrogens is 1. The minimum absolute atomic E-state index is 0.451. The molecule has 0 saturated heterocycles. The first-order chi connectivity index (χ1) is 7.65. The molecule has 1 heterocycles. The van der Waals surface area contributed by atoms with Gasteiger partial charge in [0, 0.05) is 34.8 Å². The molecule has 1 aromatic heterocycles. The van der Waals surface area contributed by atoms with Crippen molar-refractivity contribution in [1.29, 1.82) is 0 Å². The Hall–Kier alpha value is -0.800. The van der Waals surface area contributed by atoms with E-state index >= 15 is 0 Å². The van der Waals surface area contributed by atoms with E-state index in [4.69, 9.17) is 4.74 Å². The lowest BCUT2D eigenvalue weighted by molar-refractivity contribution is 0.185. The molecule has 86 valence electrons. The standard InChI is InChI=1S/C13H16BrNO/c1-9(2)15-7-10(8-16-3)11-5-4-6-12(14)13(11)15/h4-7,9H,8H2,1-3H3. The summed E-state index contributed by atoms with van der Waals surface area (Å²) in [4.78, 5) is 0. The monoisotopic (exact) mass is 281 g/mol. The maximum atomic E-state index is 5.24. The van der Waals surface area contributed by atoms with Crippen LogP contribution in [0, 0.1) is 0 Å². The van der Waals surface area contributed by atoms with Crippen molar-refractivity contribution in [3.05, 3.63) is 34.4 Å². The first kappa shape index (κ1) is 11.7. The average Bonchev–Trinajstić information content (AvgIpc) is 2.60. The van der Waals surface area contributed by atoms with Gasteiger partial charge in [0.15, 0.2) is 0 Å². The lowest BCUT2D eigenvalue weighted by Gasteiger charge is -2.09. The van der Waals surface area contributed by atoms with Gasteiger partial charge in [-0.1, -0.05) is 12.1 Å². The summed E-state index contributed by atoms with van der Waals surface area (Å²) < 4.78 is 8.67. The Kier molecular flexibility index (Phi) is 3.36. The Morgan fingerprint density at radius 3 is 2.75 bits per heavy atom. The fourth-order valence-corrected chi connectivity index (χ4v) is 2.59. The normalized spacial score (nSPS) is 11.6. The number of fused-ring (bicyclic) bond motifs is 1. The van der Waals surface area contributed by atoms with Crippen LogP contribution in [0.4, 0.5) is 0 Å². The molecule has 0 aliphatic carbocycles. The summed E-state index contributed by atoms with van der Waals surface area (Å²) in [5.74, 6) is 0. The third kappa shape index (κ3) is 1.89. The molecule has 2 aromatic rings. The molecular weight excluding hydrogens is 266 g/mol. The van der Waals surface area contributed by atoms with Gasteiger partial charge in [-0.25, -0.2) is 0 Å². The molecule has 16 heavy (non-hydrogen) atoms. The minimum atomic E-state index is 0.451. The van der Waals surface area contributed by atoms with Crippen LogP contribution >= 0.6 is 15.9 Å². The van der Waals surface area contributed by atoms with E-state index in [0.29, 0.717) is 12.6 Å². The average molecular weight is 282 g/mol. The second-order valence-corrected chi connectivity index (χ2v) is 5.08. The summed E-state index contributed by atoms with van der Waals surface area (Å²) in [6.07, 6.45) is 2.18. The highest BCUT2D eigenvalue weighted by molar-refractivity contribution is 9.10. The molecule has 3 heteroatoms. The Labute approximate surface area is 104 Å². The molecule has 0 aliphatic rings. The first-order valence-corrected chi connectivity index (χ1v) is 6.21. The molecule has 0 amide bonds.